The summed E-state index contributed by atoms with van der Waals surface area (Å²) >= 11 is 0. The van der Waals surface area contributed by atoms with E-state index in [1.54, 1.807) is 31.9 Å². The molecule has 1 unspecified atom stereocenters. The van der Waals surface area contributed by atoms with Gasteiger partial charge in [-0.2, -0.15) is 4.98 Å². The number of ether oxygens (including phenoxy) is 1. The van der Waals surface area contributed by atoms with Crippen LogP contribution in [0.2, 0.25) is 18.1 Å². The minimum absolute atomic E-state index is 0.0273. The second kappa shape index (κ2) is 15.4. The second-order valence-electron chi connectivity index (χ2n) is 16.9. The summed E-state index contributed by atoms with van der Waals surface area (Å²) in [6.45, 7) is 23.5. The number of amides is 1. The maximum absolute atomic E-state index is 16.3. The Bertz CT molecular complexity index is 2070. The summed E-state index contributed by atoms with van der Waals surface area (Å²) in [5.74, 6) is -2.24. The van der Waals surface area contributed by atoms with Crippen LogP contribution >= 0.6 is 0 Å². The number of hydrogen-bond acceptors (Lipinski definition) is 9. The molecule has 11 nitrogen and oxygen atoms in total. The maximum Gasteiger partial charge on any atom is 0.410 e. The first kappa shape index (κ1) is 40.7. The van der Waals surface area contributed by atoms with Gasteiger partial charge in [-0.05, 0) is 94.4 Å². The summed E-state index contributed by atoms with van der Waals surface area (Å²) < 4.78 is 45.0. The van der Waals surface area contributed by atoms with Crippen molar-refractivity contribution in [1.29, 1.82) is 0 Å². The number of aromatic hydroxyl groups is 1. The molecule has 1 atom stereocenters. The molecule has 4 heterocycles. The fourth-order valence-corrected chi connectivity index (χ4v) is 7.50. The molecule has 0 saturated carbocycles. The molecule has 1 saturated heterocycles. The number of hydrogen-bond donors (Lipinski definition) is 1. The van der Waals surface area contributed by atoms with E-state index in [4.69, 9.17) is 14.1 Å². The van der Waals surface area contributed by atoms with E-state index in [0.29, 0.717) is 30.8 Å². The molecule has 0 bridgehead atoms. The zero-order valence-corrected chi connectivity index (χ0v) is 34.4. The van der Waals surface area contributed by atoms with Gasteiger partial charge in [-0.15, -0.1) is 0 Å². The molecular formula is C40H54F2N6O5Si. The number of anilines is 1. The molecule has 0 aliphatic carbocycles. The quantitative estimate of drug-likeness (QED) is 0.132. The molecule has 1 amide bonds. The molecule has 1 N–H and O–H groups in total. The summed E-state index contributed by atoms with van der Waals surface area (Å²) in [4.78, 5) is 44.8. The van der Waals surface area contributed by atoms with Crippen molar-refractivity contribution in [1.82, 2.24) is 24.4 Å². The number of nitrogens with zero attached hydrogens (tertiary/aromatic N) is 6. The minimum atomic E-state index is -2.01. The van der Waals surface area contributed by atoms with E-state index in [0.717, 1.165) is 11.6 Å². The van der Waals surface area contributed by atoms with Gasteiger partial charge in [-0.3, -0.25) is 4.98 Å². The van der Waals surface area contributed by atoms with Gasteiger partial charge in [0, 0.05) is 38.5 Å². The van der Waals surface area contributed by atoms with Crippen molar-refractivity contribution >= 4 is 31.3 Å². The maximum atomic E-state index is 16.3. The van der Waals surface area contributed by atoms with Crippen molar-refractivity contribution < 1.29 is 27.8 Å². The predicted octanol–water partition coefficient (Wildman–Crippen LogP) is 8.35. The van der Waals surface area contributed by atoms with Gasteiger partial charge in [0.2, 0.25) is 0 Å². The monoisotopic (exact) mass is 764 g/mol. The van der Waals surface area contributed by atoms with E-state index in [2.05, 4.69) is 43.8 Å². The molecule has 1 aromatic carbocycles. The number of carbonyl (C=O) groups excluding carboxylic acids is 1. The number of phenolic OH excluding ortho intramolecular Hbond substituents is 1. The number of carbonyl (C=O) groups is 1. The van der Waals surface area contributed by atoms with Gasteiger partial charge in [-0.1, -0.05) is 40.7 Å². The molecule has 0 spiro atoms. The second-order valence-corrected chi connectivity index (χ2v) is 21.7. The smallest absolute Gasteiger partial charge is 0.410 e. The lowest BCUT2D eigenvalue weighted by atomic mass is 10.0. The fourth-order valence-electron chi connectivity index (χ4n) is 6.41. The van der Waals surface area contributed by atoms with E-state index in [1.165, 1.54) is 22.8 Å². The largest absolute Gasteiger partial charge is 0.507 e. The molecular weight excluding hydrogens is 711 g/mol. The third-order valence-electron chi connectivity index (χ3n) is 10.2. The highest BCUT2D eigenvalue weighted by Crippen LogP contribution is 2.38. The van der Waals surface area contributed by atoms with Crippen molar-refractivity contribution in [2.45, 2.75) is 111 Å². The lowest BCUT2D eigenvalue weighted by Gasteiger charge is -2.41. The average Bonchev–Trinajstić information content (AvgIpc) is 3.05. The van der Waals surface area contributed by atoms with Crippen LogP contribution in [0.3, 0.4) is 0 Å². The highest BCUT2D eigenvalue weighted by atomic mass is 28.4. The van der Waals surface area contributed by atoms with Crippen LogP contribution < -0.4 is 10.6 Å². The van der Waals surface area contributed by atoms with Crippen LogP contribution in [0.1, 0.15) is 85.9 Å². The van der Waals surface area contributed by atoms with Crippen LogP contribution in [0, 0.1) is 11.6 Å². The number of pyridine rings is 2. The Balaban J connectivity index is 1.69. The SMILES string of the molecule is CC(C)c1nccc(CCCO[Si](C)(C)C(C)(C)C)c1-n1c(=O)nc(N2CCN(C(=O)OC(C)(C)C)CC2C)c2cc(F)c(-c3c(O)cccc3F)nc21. The highest BCUT2D eigenvalue weighted by molar-refractivity contribution is 6.74. The van der Waals surface area contributed by atoms with Crippen molar-refractivity contribution in [3.8, 4) is 22.7 Å². The molecule has 1 aliphatic heterocycles. The number of benzene rings is 1. The Morgan fingerprint density at radius 1 is 1.06 bits per heavy atom. The van der Waals surface area contributed by atoms with Crippen molar-refractivity contribution in [2.24, 2.45) is 0 Å². The van der Waals surface area contributed by atoms with Gasteiger partial charge in [0.15, 0.2) is 19.8 Å². The Morgan fingerprint density at radius 2 is 1.76 bits per heavy atom. The number of halogens is 2. The molecule has 3 aromatic heterocycles. The van der Waals surface area contributed by atoms with Crippen molar-refractivity contribution in [3.05, 3.63) is 69.9 Å². The van der Waals surface area contributed by atoms with E-state index in [1.807, 2.05) is 31.7 Å². The first-order valence-electron chi connectivity index (χ1n) is 18.6. The number of rotatable bonds is 9. The zero-order chi connectivity index (χ0) is 39.9. The fraction of sp³-hybridized carbons (Fsp3) is 0.525. The highest BCUT2D eigenvalue weighted by Gasteiger charge is 2.37. The van der Waals surface area contributed by atoms with Crippen LogP contribution in [-0.4, -0.2) is 81.8 Å². The molecule has 54 heavy (non-hydrogen) atoms. The summed E-state index contributed by atoms with van der Waals surface area (Å²) in [6, 6.07) is 6.37. The van der Waals surface area contributed by atoms with Crippen LogP contribution in [-0.2, 0) is 15.6 Å². The topological polar surface area (TPSA) is 123 Å². The lowest BCUT2D eigenvalue weighted by Crippen LogP contribution is -2.55. The Kier molecular flexibility index (Phi) is 11.6. The third-order valence-corrected chi connectivity index (χ3v) is 14.8. The number of piperazine rings is 1. The number of phenols is 1. The third kappa shape index (κ3) is 8.44. The average molecular weight is 765 g/mol. The molecule has 1 aliphatic rings. The Labute approximate surface area is 317 Å². The van der Waals surface area contributed by atoms with Gasteiger partial charge in [0.05, 0.1) is 22.3 Å². The molecule has 0 radical (unpaired) electrons. The van der Waals surface area contributed by atoms with Crippen LogP contribution in [0.5, 0.6) is 5.75 Å². The van der Waals surface area contributed by atoms with Gasteiger partial charge in [0.1, 0.15) is 28.7 Å². The van der Waals surface area contributed by atoms with Gasteiger partial charge < -0.3 is 24.1 Å². The lowest BCUT2D eigenvalue weighted by molar-refractivity contribution is 0.0218. The molecule has 14 heteroatoms. The van der Waals surface area contributed by atoms with Crippen molar-refractivity contribution in [3.63, 3.8) is 0 Å². The van der Waals surface area contributed by atoms with Gasteiger partial charge in [0.25, 0.3) is 0 Å². The van der Waals surface area contributed by atoms with E-state index in [-0.39, 0.29) is 53.5 Å². The Morgan fingerprint density at radius 3 is 2.37 bits per heavy atom. The van der Waals surface area contributed by atoms with Gasteiger partial charge in [-0.25, -0.2) is 27.9 Å². The van der Waals surface area contributed by atoms with Crippen LogP contribution in [0.4, 0.5) is 19.4 Å². The zero-order valence-electron chi connectivity index (χ0n) is 33.4. The normalized spacial score (nSPS) is 15.7. The number of aryl methyl sites for hydroxylation is 1. The van der Waals surface area contributed by atoms with E-state index < -0.39 is 54.3 Å². The summed E-state index contributed by atoms with van der Waals surface area (Å²) in [7, 11) is -2.01. The molecule has 1 fully saturated rings. The molecule has 4 aromatic rings. The van der Waals surface area contributed by atoms with Crippen LogP contribution in [0.15, 0.2) is 41.3 Å². The first-order valence-corrected chi connectivity index (χ1v) is 21.5. The Hall–Kier alpha value is -4.43. The standard InChI is InChI=1S/C40H54F2N6O5Si/c1-24(2)32-34(26(17-18-43-32)14-13-21-52-54(10,11)40(7,8)9)48-36-27(22-29(42)33(44-36)31-28(41)15-12-16-30(31)49)35(45-37(48)50)47-20-19-46(23-25(47)3)38(51)53-39(4,5)6/h12,15-18,22,24-25,49H,13-14,19-21,23H2,1-11H3. The molecule has 5 rings (SSSR count). The van der Waals surface area contributed by atoms with Crippen LogP contribution in [0.25, 0.3) is 28.0 Å². The first-order chi connectivity index (χ1) is 25.1. The van der Waals surface area contributed by atoms with Gasteiger partial charge >= 0.3 is 11.8 Å². The summed E-state index contributed by atoms with van der Waals surface area (Å²) in [5.41, 5.74) is -0.333. The van der Waals surface area contributed by atoms with E-state index >= 15 is 8.78 Å². The van der Waals surface area contributed by atoms with Crippen molar-refractivity contribution in [2.75, 3.05) is 31.1 Å². The number of aromatic nitrogens is 4. The summed E-state index contributed by atoms with van der Waals surface area (Å²) in [5, 5.41) is 11.0. The summed E-state index contributed by atoms with van der Waals surface area (Å²) in [6.07, 6.45) is 2.45. The number of fused-ring (bicyclic) bond motifs is 1. The van der Waals surface area contributed by atoms with E-state index in [9.17, 15) is 14.7 Å². The predicted molar refractivity (Wildman–Crippen MR) is 210 cm³/mol. The molecule has 292 valence electrons. The minimum Gasteiger partial charge on any atom is -0.507 e.